The van der Waals surface area contributed by atoms with Crippen LogP contribution in [0.1, 0.15) is 38.2 Å². The van der Waals surface area contributed by atoms with E-state index in [1.165, 1.54) is 40.3 Å². The molecule has 156 valence electrons. The highest BCUT2D eigenvalue weighted by atomic mass is 16.7. The van der Waals surface area contributed by atoms with E-state index in [4.69, 9.17) is 23.7 Å². The molecule has 0 aromatic carbocycles. The lowest BCUT2D eigenvalue weighted by Crippen LogP contribution is -2.42. The summed E-state index contributed by atoms with van der Waals surface area (Å²) in [5.74, 6) is -1.68. The number of carbonyl (C=O) groups excluding carboxylic acids is 3. The maximum absolute atomic E-state index is 12.6. The Labute approximate surface area is 163 Å². The second kappa shape index (κ2) is 11.1. The highest BCUT2D eigenvalue weighted by molar-refractivity contribution is 5.98. The minimum Gasteiger partial charge on any atom is -0.493 e. The maximum Gasteiger partial charge on any atom is 0.328 e. The molecule has 1 aromatic rings. The van der Waals surface area contributed by atoms with Crippen LogP contribution in [0.5, 0.6) is 11.5 Å². The van der Waals surface area contributed by atoms with Crippen LogP contribution in [0, 0.1) is 0 Å². The highest BCUT2D eigenvalue weighted by Gasteiger charge is 2.26. The van der Waals surface area contributed by atoms with Gasteiger partial charge in [0.05, 0.1) is 13.2 Å². The molecule has 0 aliphatic heterocycles. The predicted octanol–water partition coefficient (Wildman–Crippen LogP) is 1.07. The fraction of sp³-hybridized carbons (Fsp3) is 0.556. The first-order chi connectivity index (χ1) is 13.2. The smallest absolute Gasteiger partial charge is 0.328 e. The number of ether oxygens (including phenoxy) is 5. The number of nitrogens with zero attached hydrogens (tertiary/aromatic N) is 1. The molecule has 1 amide bonds. The zero-order chi connectivity index (χ0) is 21.3. The Morgan fingerprint density at radius 1 is 1.14 bits per heavy atom. The SMILES string of the molecule is COc1ccnc(C(=O)N[C@@H](C)C(=O)O[C@@H](C)[C@H](C)OC)c1OCOC(C)=O. The van der Waals surface area contributed by atoms with Gasteiger partial charge in [-0.1, -0.05) is 0 Å². The van der Waals surface area contributed by atoms with E-state index in [1.54, 1.807) is 13.8 Å². The number of amides is 1. The molecule has 0 aliphatic rings. The summed E-state index contributed by atoms with van der Waals surface area (Å²) in [7, 11) is 2.89. The van der Waals surface area contributed by atoms with E-state index in [0.717, 1.165) is 0 Å². The molecule has 0 fully saturated rings. The second-order valence-corrected chi connectivity index (χ2v) is 5.87. The van der Waals surface area contributed by atoms with Crippen molar-refractivity contribution >= 4 is 17.8 Å². The van der Waals surface area contributed by atoms with E-state index in [9.17, 15) is 14.4 Å². The molecule has 0 aliphatic carbocycles. The lowest BCUT2D eigenvalue weighted by atomic mass is 10.2. The van der Waals surface area contributed by atoms with Crippen LogP contribution in [0.15, 0.2) is 12.3 Å². The van der Waals surface area contributed by atoms with Gasteiger partial charge in [0.2, 0.25) is 6.79 Å². The molecule has 10 nitrogen and oxygen atoms in total. The molecule has 0 radical (unpaired) electrons. The van der Waals surface area contributed by atoms with Gasteiger partial charge in [-0.2, -0.15) is 0 Å². The van der Waals surface area contributed by atoms with E-state index >= 15 is 0 Å². The Morgan fingerprint density at radius 3 is 2.39 bits per heavy atom. The van der Waals surface area contributed by atoms with E-state index < -0.39 is 36.8 Å². The third-order valence-electron chi connectivity index (χ3n) is 3.80. The molecule has 28 heavy (non-hydrogen) atoms. The van der Waals surface area contributed by atoms with Crippen LogP contribution in [-0.2, 0) is 23.8 Å². The minimum absolute atomic E-state index is 0.0225. The van der Waals surface area contributed by atoms with Gasteiger partial charge < -0.3 is 29.0 Å². The Kier molecular flexibility index (Phi) is 9.16. The Morgan fingerprint density at radius 2 is 1.82 bits per heavy atom. The third-order valence-corrected chi connectivity index (χ3v) is 3.80. The van der Waals surface area contributed by atoms with Gasteiger partial charge in [0.25, 0.3) is 5.91 Å². The molecular weight excluding hydrogens is 372 g/mol. The van der Waals surface area contributed by atoms with Crippen molar-refractivity contribution in [3.8, 4) is 11.5 Å². The highest BCUT2D eigenvalue weighted by Crippen LogP contribution is 2.29. The first kappa shape index (κ1) is 23.2. The fourth-order valence-electron chi connectivity index (χ4n) is 1.96. The number of methoxy groups -OCH3 is 2. The Hall–Kier alpha value is -2.88. The number of rotatable bonds is 10. The first-order valence-corrected chi connectivity index (χ1v) is 8.54. The van der Waals surface area contributed by atoms with Crippen LogP contribution >= 0.6 is 0 Å². The maximum atomic E-state index is 12.6. The molecular formula is C18H26N2O8. The number of pyridine rings is 1. The van der Waals surface area contributed by atoms with Crippen LogP contribution in [-0.4, -0.2) is 62.1 Å². The topological polar surface area (TPSA) is 122 Å². The first-order valence-electron chi connectivity index (χ1n) is 8.54. The van der Waals surface area contributed by atoms with Gasteiger partial charge in [0, 0.05) is 26.3 Å². The van der Waals surface area contributed by atoms with Crippen molar-refractivity contribution < 1.29 is 38.1 Å². The van der Waals surface area contributed by atoms with Gasteiger partial charge in [-0.25, -0.2) is 9.78 Å². The largest absolute Gasteiger partial charge is 0.493 e. The van der Waals surface area contributed by atoms with Crippen LogP contribution < -0.4 is 14.8 Å². The fourth-order valence-corrected chi connectivity index (χ4v) is 1.96. The van der Waals surface area contributed by atoms with Crippen LogP contribution in [0.4, 0.5) is 0 Å². The van der Waals surface area contributed by atoms with Crippen LogP contribution in [0.25, 0.3) is 0 Å². The zero-order valence-corrected chi connectivity index (χ0v) is 16.8. The van der Waals surface area contributed by atoms with E-state index in [1.807, 2.05) is 0 Å². The Bertz CT molecular complexity index is 694. The van der Waals surface area contributed by atoms with Gasteiger partial charge in [0.15, 0.2) is 17.2 Å². The van der Waals surface area contributed by atoms with Crippen LogP contribution in [0.2, 0.25) is 0 Å². The molecule has 1 N–H and O–H groups in total. The summed E-state index contributed by atoms with van der Waals surface area (Å²) >= 11 is 0. The summed E-state index contributed by atoms with van der Waals surface area (Å²) in [6, 6.07) is 0.527. The number of hydrogen-bond acceptors (Lipinski definition) is 9. The quantitative estimate of drug-likeness (QED) is 0.455. The van der Waals surface area contributed by atoms with Crippen molar-refractivity contribution in [2.24, 2.45) is 0 Å². The monoisotopic (exact) mass is 398 g/mol. The third kappa shape index (κ3) is 6.69. The molecule has 0 bridgehead atoms. The van der Waals surface area contributed by atoms with Gasteiger partial charge >= 0.3 is 11.9 Å². The average Bonchev–Trinajstić information content (AvgIpc) is 2.66. The standard InChI is InChI=1S/C18H26N2O8/c1-10(18(23)28-12(3)11(2)24-5)20-17(22)15-16(27-9-26-13(4)21)14(25-6)7-8-19-15/h7-8,10-12H,9H2,1-6H3,(H,20,22)/t10-,11-,12-/m0/s1. The van der Waals surface area contributed by atoms with Gasteiger partial charge in [-0.15, -0.1) is 0 Å². The summed E-state index contributed by atoms with van der Waals surface area (Å²) in [5, 5.41) is 2.49. The molecule has 0 spiro atoms. The van der Waals surface area contributed by atoms with E-state index in [0.29, 0.717) is 0 Å². The van der Waals surface area contributed by atoms with E-state index in [-0.39, 0.29) is 23.3 Å². The number of nitrogens with one attached hydrogen (secondary N) is 1. The summed E-state index contributed by atoms with van der Waals surface area (Å²) < 4.78 is 25.5. The number of carbonyl (C=O) groups is 3. The normalized spacial score (nSPS) is 13.6. The number of hydrogen-bond donors (Lipinski definition) is 1. The lowest BCUT2D eigenvalue weighted by molar-refractivity contribution is -0.156. The summed E-state index contributed by atoms with van der Waals surface area (Å²) in [6.07, 6.45) is 0.556. The van der Waals surface area contributed by atoms with Crippen molar-refractivity contribution in [3.05, 3.63) is 18.0 Å². The predicted molar refractivity (Wildman–Crippen MR) is 97.0 cm³/mol. The zero-order valence-electron chi connectivity index (χ0n) is 16.8. The Balaban J connectivity index is 2.87. The molecule has 0 unspecified atom stereocenters. The number of esters is 2. The average molecular weight is 398 g/mol. The van der Waals surface area contributed by atoms with Gasteiger partial charge in [-0.3, -0.25) is 9.59 Å². The van der Waals surface area contributed by atoms with Crippen molar-refractivity contribution in [2.75, 3.05) is 21.0 Å². The second-order valence-electron chi connectivity index (χ2n) is 5.87. The number of aromatic nitrogens is 1. The van der Waals surface area contributed by atoms with Crippen molar-refractivity contribution in [1.82, 2.24) is 10.3 Å². The van der Waals surface area contributed by atoms with E-state index in [2.05, 4.69) is 10.3 Å². The molecule has 1 rings (SSSR count). The molecule has 3 atom stereocenters. The minimum atomic E-state index is -0.951. The lowest BCUT2D eigenvalue weighted by Gasteiger charge is -2.21. The molecule has 10 heteroatoms. The van der Waals surface area contributed by atoms with Crippen LogP contribution in [0.3, 0.4) is 0 Å². The summed E-state index contributed by atoms with van der Waals surface area (Å²) in [5.41, 5.74) is -0.135. The van der Waals surface area contributed by atoms with Crippen molar-refractivity contribution in [3.63, 3.8) is 0 Å². The van der Waals surface area contributed by atoms with Gasteiger partial charge in [0.1, 0.15) is 12.1 Å². The van der Waals surface area contributed by atoms with Gasteiger partial charge in [-0.05, 0) is 20.8 Å². The molecule has 1 aromatic heterocycles. The van der Waals surface area contributed by atoms with Crippen molar-refractivity contribution in [1.29, 1.82) is 0 Å². The molecule has 0 saturated heterocycles. The summed E-state index contributed by atoms with van der Waals surface area (Å²) in [6.45, 7) is 5.71. The molecule has 0 saturated carbocycles. The molecule has 1 heterocycles. The van der Waals surface area contributed by atoms with Crippen molar-refractivity contribution in [2.45, 2.75) is 45.9 Å². The summed E-state index contributed by atoms with van der Waals surface area (Å²) in [4.78, 5) is 39.6.